The molecule has 1 saturated heterocycles. The van der Waals surface area contributed by atoms with Crippen molar-refractivity contribution < 1.29 is 18.8 Å². The Labute approximate surface area is 168 Å². The van der Waals surface area contributed by atoms with E-state index in [-0.39, 0.29) is 35.3 Å². The monoisotopic (exact) mass is 402 g/mol. The molecule has 2 aliphatic rings. The van der Waals surface area contributed by atoms with E-state index in [1.165, 1.54) is 4.90 Å². The van der Waals surface area contributed by atoms with Crippen molar-refractivity contribution in [3.63, 3.8) is 0 Å². The second-order valence-corrected chi connectivity index (χ2v) is 14.0. The molecule has 1 aromatic rings. The summed E-state index contributed by atoms with van der Waals surface area (Å²) in [6.07, 6.45) is 1.25. The number of hydrogen-bond donors (Lipinski definition) is 0. The molecule has 0 radical (unpaired) electrons. The number of imide groups is 1. The molecule has 3 amide bonds. The first kappa shape index (κ1) is 20.7. The molecule has 1 fully saturated rings. The van der Waals surface area contributed by atoms with E-state index in [1.807, 2.05) is 0 Å². The van der Waals surface area contributed by atoms with Crippen molar-refractivity contribution >= 4 is 26.0 Å². The van der Waals surface area contributed by atoms with E-state index in [1.54, 1.807) is 29.2 Å². The van der Waals surface area contributed by atoms with E-state index in [0.29, 0.717) is 30.7 Å². The molecule has 6 nitrogen and oxygen atoms in total. The van der Waals surface area contributed by atoms with Gasteiger partial charge in [-0.25, -0.2) is 0 Å². The molecular formula is C21H30N2O4Si. The third-order valence-electron chi connectivity index (χ3n) is 6.34. The Balaban J connectivity index is 1.62. The molecule has 2 aliphatic heterocycles. The summed E-state index contributed by atoms with van der Waals surface area (Å²) in [6, 6.07) is 6.87. The predicted molar refractivity (Wildman–Crippen MR) is 110 cm³/mol. The molecule has 0 spiro atoms. The molecular weight excluding hydrogens is 372 g/mol. The molecule has 0 aromatic heterocycles. The summed E-state index contributed by atoms with van der Waals surface area (Å²) >= 11 is 0. The standard InChI is InChI=1S/C21H30N2O4Si/c1-21(2,3)28(4,5)27-14-15-10-11-18(24)22(15)12-13-23-19(25)16-8-6-7-9-17(16)20(23)26/h6-9,15H,10-14H2,1-5H3/t15-/m1/s1. The number of hydrogen-bond acceptors (Lipinski definition) is 4. The molecule has 0 N–H and O–H groups in total. The number of carbonyl (C=O) groups is 3. The third kappa shape index (κ3) is 3.78. The van der Waals surface area contributed by atoms with Crippen LogP contribution in [-0.2, 0) is 9.22 Å². The minimum absolute atomic E-state index is 0.0109. The Bertz CT molecular complexity index is 765. The van der Waals surface area contributed by atoms with Gasteiger partial charge in [0.1, 0.15) is 0 Å². The van der Waals surface area contributed by atoms with Crippen LogP contribution in [0.25, 0.3) is 0 Å². The van der Waals surface area contributed by atoms with Gasteiger partial charge in [-0.15, -0.1) is 0 Å². The molecule has 3 rings (SSSR count). The summed E-state index contributed by atoms with van der Waals surface area (Å²) in [5.74, 6) is -0.483. The topological polar surface area (TPSA) is 66.9 Å². The average molecular weight is 403 g/mol. The normalized spacial score (nSPS) is 20.3. The fourth-order valence-corrected chi connectivity index (χ4v) is 4.49. The second-order valence-electron chi connectivity index (χ2n) is 9.16. The van der Waals surface area contributed by atoms with Gasteiger partial charge in [-0.05, 0) is 36.7 Å². The number of carbonyl (C=O) groups excluding carboxylic acids is 3. The Morgan fingerprint density at radius 2 is 1.61 bits per heavy atom. The molecule has 152 valence electrons. The van der Waals surface area contributed by atoms with Crippen LogP contribution in [0.3, 0.4) is 0 Å². The molecule has 28 heavy (non-hydrogen) atoms. The fourth-order valence-electron chi connectivity index (χ4n) is 3.44. The Hall–Kier alpha value is -1.99. The van der Waals surface area contributed by atoms with Crippen LogP contribution in [0.4, 0.5) is 0 Å². The van der Waals surface area contributed by atoms with Crippen molar-refractivity contribution in [1.82, 2.24) is 9.80 Å². The van der Waals surface area contributed by atoms with Crippen LogP contribution in [0.2, 0.25) is 18.1 Å². The van der Waals surface area contributed by atoms with Crippen molar-refractivity contribution in [3.8, 4) is 0 Å². The first-order valence-corrected chi connectivity index (χ1v) is 12.8. The van der Waals surface area contributed by atoms with Crippen molar-refractivity contribution in [3.05, 3.63) is 35.4 Å². The van der Waals surface area contributed by atoms with Gasteiger partial charge >= 0.3 is 0 Å². The lowest BCUT2D eigenvalue weighted by Gasteiger charge is -2.38. The zero-order valence-electron chi connectivity index (χ0n) is 17.4. The Morgan fingerprint density at radius 1 is 1.04 bits per heavy atom. The highest BCUT2D eigenvalue weighted by atomic mass is 28.4. The molecule has 2 heterocycles. The first-order chi connectivity index (χ1) is 13.0. The summed E-state index contributed by atoms with van der Waals surface area (Å²) < 4.78 is 6.32. The smallest absolute Gasteiger partial charge is 0.261 e. The van der Waals surface area contributed by atoms with Crippen LogP contribution < -0.4 is 0 Å². The molecule has 0 saturated carbocycles. The maximum atomic E-state index is 12.5. The van der Waals surface area contributed by atoms with Crippen LogP contribution in [0.15, 0.2) is 24.3 Å². The van der Waals surface area contributed by atoms with E-state index >= 15 is 0 Å². The van der Waals surface area contributed by atoms with Gasteiger partial charge < -0.3 is 9.33 Å². The van der Waals surface area contributed by atoms with E-state index in [2.05, 4.69) is 33.9 Å². The zero-order valence-corrected chi connectivity index (χ0v) is 18.4. The van der Waals surface area contributed by atoms with Crippen LogP contribution in [0.1, 0.15) is 54.3 Å². The zero-order chi connectivity index (χ0) is 20.7. The van der Waals surface area contributed by atoms with Crippen LogP contribution in [0, 0.1) is 0 Å². The van der Waals surface area contributed by atoms with Crippen molar-refractivity contribution in [2.75, 3.05) is 19.7 Å². The Morgan fingerprint density at radius 3 is 2.14 bits per heavy atom. The first-order valence-electron chi connectivity index (χ1n) is 9.91. The van der Waals surface area contributed by atoms with E-state index in [0.717, 1.165) is 6.42 Å². The van der Waals surface area contributed by atoms with E-state index < -0.39 is 8.32 Å². The van der Waals surface area contributed by atoms with Gasteiger partial charge in [0.15, 0.2) is 8.32 Å². The summed E-state index contributed by atoms with van der Waals surface area (Å²) in [4.78, 5) is 40.5. The van der Waals surface area contributed by atoms with Gasteiger partial charge in [-0.2, -0.15) is 0 Å². The van der Waals surface area contributed by atoms with Gasteiger partial charge in [-0.3, -0.25) is 19.3 Å². The molecule has 1 atom stereocenters. The fraction of sp³-hybridized carbons (Fsp3) is 0.571. The van der Waals surface area contributed by atoms with Crippen molar-refractivity contribution in [2.45, 2.75) is 57.8 Å². The predicted octanol–water partition coefficient (Wildman–Crippen LogP) is 3.30. The number of benzene rings is 1. The summed E-state index contributed by atoms with van der Waals surface area (Å²) in [5, 5.41) is 0.112. The summed E-state index contributed by atoms with van der Waals surface area (Å²) in [5.41, 5.74) is 0.885. The van der Waals surface area contributed by atoms with Crippen LogP contribution in [-0.4, -0.2) is 61.6 Å². The maximum absolute atomic E-state index is 12.5. The van der Waals surface area contributed by atoms with E-state index in [9.17, 15) is 14.4 Å². The molecule has 1 aromatic carbocycles. The largest absolute Gasteiger partial charge is 0.415 e. The SMILES string of the molecule is CC(C)(C)[Si](C)(C)OC[C@H]1CCC(=O)N1CCN1C(=O)c2ccccc2C1=O. The number of rotatable bonds is 6. The van der Waals surface area contributed by atoms with Crippen LogP contribution >= 0.6 is 0 Å². The Kier molecular flexibility index (Phi) is 5.51. The van der Waals surface area contributed by atoms with Gasteiger partial charge in [0, 0.05) is 19.5 Å². The molecule has 0 unspecified atom stereocenters. The highest BCUT2D eigenvalue weighted by Crippen LogP contribution is 2.37. The highest BCUT2D eigenvalue weighted by Gasteiger charge is 2.40. The minimum atomic E-state index is -1.89. The lowest BCUT2D eigenvalue weighted by molar-refractivity contribution is -0.129. The summed E-state index contributed by atoms with van der Waals surface area (Å²) in [7, 11) is -1.89. The lowest BCUT2D eigenvalue weighted by atomic mass is 10.1. The minimum Gasteiger partial charge on any atom is -0.415 e. The van der Waals surface area contributed by atoms with Crippen LogP contribution in [0.5, 0.6) is 0 Å². The molecule has 0 aliphatic carbocycles. The quantitative estimate of drug-likeness (QED) is 0.541. The van der Waals surface area contributed by atoms with Crippen molar-refractivity contribution in [2.24, 2.45) is 0 Å². The number of nitrogens with zero attached hydrogens (tertiary/aromatic N) is 2. The van der Waals surface area contributed by atoms with Gasteiger partial charge in [-0.1, -0.05) is 32.9 Å². The van der Waals surface area contributed by atoms with Gasteiger partial charge in [0.2, 0.25) is 5.91 Å². The molecule has 0 bridgehead atoms. The maximum Gasteiger partial charge on any atom is 0.261 e. The van der Waals surface area contributed by atoms with Crippen molar-refractivity contribution in [1.29, 1.82) is 0 Å². The third-order valence-corrected chi connectivity index (χ3v) is 10.8. The number of fused-ring (bicyclic) bond motifs is 1. The summed E-state index contributed by atoms with van der Waals surface area (Å²) in [6.45, 7) is 12.1. The van der Waals surface area contributed by atoms with E-state index in [4.69, 9.17) is 4.43 Å². The van der Waals surface area contributed by atoms with Gasteiger partial charge in [0.05, 0.1) is 23.8 Å². The highest BCUT2D eigenvalue weighted by molar-refractivity contribution is 6.74. The lowest BCUT2D eigenvalue weighted by Crippen LogP contribution is -2.47. The average Bonchev–Trinajstić information content (AvgIpc) is 3.09. The number of amides is 3. The molecule has 7 heteroatoms. The number of likely N-dealkylation sites (tertiary alicyclic amines) is 1. The van der Waals surface area contributed by atoms with Gasteiger partial charge in [0.25, 0.3) is 11.8 Å². The second kappa shape index (κ2) is 7.44.